The predicted molar refractivity (Wildman–Crippen MR) is 106 cm³/mol. The van der Waals surface area contributed by atoms with Gasteiger partial charge in [0.15, 0.2) is 11.6 Å². The van der Waals surface area contributed by atoms with Gasteiger partial charge in [-0.05, 0) is 54.5 Å². The van der Waals surface area contributed by atoms with Crippen LogP contribution < -0.4 is 0 Å². The minimum Gasteiger partial charge on any atom is -0.467 e. The maximum atomic E-state index is 13.2. The molecule has 0 radical (unpaired) electrons. The molecule has 0 aliphatic carbocycles. The van der Waals surface area contributed by atoms with Gasteiger partial charge in [0.05, 0.1) is 18.4 Å². The number of hydrogen-bond donors (Lipinski definition) is 0. The van der Waals surface area contributed by atoms with Crippen molar-refractivity contribution in [2.45, 2.75) is 19.6 Å². The van der Waals surface area contributed by atoms with Gasteiger partial charge in [0.25, 0.3) is 0 Å². The highest BCUT2D eigenvalue weighted by molar-refractivity contribution is 5.68. The first-order valence-electron chi connectivity index (χ1n) is 9.15. The third-order valence-corrected chi connectivity index (χ3v) is 4.56. The van der Waals surface area contributed by atoms with Crippen LogP contribution in [0.5, 0.6) is 0 Å². The second kappa shape index (κ2) is 7.98. The normalized spacial score (nSPS) is 12.0. The van der Waals surface area contributed by atoms with Crippen molar-refractivity contribution in [2.75, 3.05) is 0 Å². The monoisotopic (exact) mass is 410 g/mol. The number of aromatic nitrogens is 4. The Kier molecular flexibility index (Phi) is 5.22. The number of alkyl halides is 3. The van der Waals surface area contributed by atoms with E-state index >= 15 is 0 Å². The zero-order chi connectivity index (χ0) is 21.1. The average molecular weight is 410 g/mol. The van der Waals surface area contributed by atoms with Crippen LogP contribution in [0.15, 0.2) is 65.4 Å². The van der Waals surface area contributed by atoms with Gasteiger partial charge >= 0.3 is 6.18 Å². The fourth-order valence-corrected chi connectivity index (χ4v) is 3.06. The Hall–Kier alpha value is -3.68. The molecule has 0 amide bonds. The third-order valence-electron chi connectivity index (χ3n) is 4.56. The van der Waals surface area contributed by atoms with Gasteiger partial charge in [-0.2, -0.15) is 13.2 Å². The van der Waals surface area contributed by atoms with Crippen LogP contribution in [-0.4, -0.2) is 19.7 Å². The van der Waals surface area contributed by atoms with E-state index in [1.165, 1.54) is 13.0 Å². The summed E-state index contributed by atoms with van der Waals surface area (Å²) < 4.78 is 46.8. The molecule has 0 aliphatic rings. The lowest BCUT2D eigenvalue weighted by molar-refractivity contribution is -0.138. The van der Waals surface area contributed by atoms with E-state index in [1.54, 1.807) is 47.4 Å². The molecule has 8 heteroatoms. The highest BCUT2D eigenvalue weighted by atomic mass is 19.4. The van der Waals surface area contributed by atoms with E-state index in [0.29, 0.717) is 35.2 Å². The zero-order valence-electron chi connectivity index (χ0n) is 16.0. The maximum absolute atomic E-state index is 13.2. The Bertz CT molecular complexity index is 1160. The molecule has 30 heavy (non-hydrogen) atoms. The van der Waals surface area contributed by atoms with Crippen molar-refractivity contribution in [1.82, 2.24) is 19.7 Å². The summed E-state index contributed by atoms with van der Waals surface area (Å²) in [7, 11) is 0. The van der Waals surface area contributed by atoms with Crippen molar-refractivity contribution in [2.24, 2.45) is 0 Å². The predicted octanol–water partition coefficient (Wildman–Crippen LogP) is 5.48. The number of nitrogens with zero attached hydrogens (tertiary/aromatic N) is 4. The number of rotatable bonds is 5. The van der Waals surface area contributed by atoms with Crippen LogP contribution in [0, 0.1) is 6.92 Å². The molecule has 4 rings (SSSR count). The number of pyridine rings is 1. The first-order chi connectivity index (χ1) is 14.4. The van der Waals surface area contributed by atoms with Crippen molar-refractivity contribution in [3.8, 4) is 11.5 Å². The number of halogens is 3. The van der Waals surface area contributed by atoms with Gasteiger partial charge in [-0.15, -0.1) is 10.2 Å². The van der Waals surface area contributed by atoms with Gasteiger partial charge in [0.1, 0.15) is 11.5 Å². The first kappa shape index (κ1) is 19.6. The number of hydrogen-bond acceptors (Lipinski definition) is 4. The molecule has 0 fully saturated rings. The van der Waals surface area contributed by atoms with Crippen molar-refractivity contribution < 1.29 is 17.6 Å². The van der Waals surface area contributed by atoms with Crippen LogP contribution >= 0.6 is 0 Å². The molecule has 1 aromatic carbocycles. The fourth-order valence-electron chi connectivity index (χ4n) is 3.06. The van der Waals surface area contributed by atoms with E-state index in [0.717, 1.165) is 6.07 Å². The summed E-state index contributed by atoms with van der Waals surface area (Å²) in [5.41, 5.74) is 0.569. The molecule has 0 N–H and O–H groups in total. The highest BCUT2D eigenvalue weighted by Gasteiger charge is 2.32. The van der Waals surface area contributed by atoms with Gasteiger partial charge in [-0.3, -0.25) is 9.55 Å². The molecule has 3 aromatic heterocycles. The molecule has 0 spiro atoms. The van der Waals surface area contributed by atoms with E-state index in [4.69, 9.17) is 4.42 Å². The van der Waals surface area contributed by atoms with Crippen molar-refractivity contribution in [3.63, 3.8) is 0 Å². The van der Waals surface area contributed by atoms with E-state index in [1.807, 2.05) is 18.2 Å². The molecular weight excluding hydrogens is 393 g/mol. The average Bonchev–Trinajstić information content (AvgIpc) is 3.38. The maximum Gasteiger partial charge on any atom is 0.416 e. The highest BCUT2D eigenvalue weighted by Crippen LogP contribution is 2.32. The molecule has 0 unspecified atom stereocenters. The lowest BCUT2D eigenvalue weighted by atomic mass is 10.0. The molecule has 0 saturated heterocycles. The lowest BCUT2D eigenvalue weighted by Gasteiger charge is -2.10. The van der Waals surface area contributed by atoms with Crippen molar-refractivity contribution in [3.05, 3.63) is 89.3 Å². The Morgan fingerprint density at radius 3 is 2.60 bits per heavy atom. The Balaban J connectivity index is 1.72. The van der Waals surface area contributed by atoms with Gasteiger partial charge in [0, 0.05) is 6.20 Å². The van der Waals surface area contributed by atoms with Gasteiger partial charge in [-0.1, -0.05) is 24.3 Å². The van der Waals surface area contributed by atoms with Gasteiger partial charge in [0.2, 0.25) is 0 Å². The topological polar surface area (TPSA) is 56.7 Å². The SMILES string of the molecule is Cc1ccc(/C=C/c2nnc(-c3ccccn3)n2Cc2ccco2)cc1C(F)(F)F. The van der Waals surface area contributed by atoms with E-state index in [-0.39, 0.29) is 5.56 Å². The molecule has 4 aromatic rings. The summed E-state index contributed by atoms with van der Waals surface area (Å²) in [4.78, 5) is 4.32. The fraction of sp³-hybridized carbons (Fsp3) is 0.136. The molecule has 5 nitrogen and oxygen atoms in total. The molecule has 0 atom stereocenters. The summed E-state index contributed by atoms with van der Waals surface area (Å²) in [6.07, 6.45) is 2.04. The van der Waals surface area contributed by atoms with Gasteiger partial charge < -0.3 is 4.42 Å². The minimum atomic E-state index is -4.40. The number of furan rings is 1. The number of benzene rings is 1. The second-order valence-corrected chi connectivity index (χ2v) is 6.67. The first-order valence-corrected chi connectivity index (χ1v) is 9.15. The molecule has 0 saturated carbocycles. The van der Waals surface area contributed by atoms with E-state index in [9.17, 15) is 13.2 Å². The van der Waals surface area contributed by atoms with Gasteiger partial charge in [-0.25, -0.2) is 0 Å². The zero-order valence-corrected chi connectivity index (χ0v) is 16.0. The molecule has 0 aliphatic heterocycles. The third kappa shape index (κ3) is 4.17. The van der Waals surface area contributed by atoms with Crippen molar-refractivity contribution >= 4 is 12.2 Å². The van der Waals surface area contributed by atoms with Crippen LogP contribution in [0.4, 0.5) is 13.2 Å². The van der Waals surface area contributed by atoms with Crippen molar-refractivity contribution in [1.29, 1.82) is 0 Å². The molecule has 152 valence electrons. The van der Waals surface area contributed by atoms with E-state index < -0.39 is 11.7 Å². The van der Waals surface area contributed by atoms with Crippen LogP contribution in [0.2, 0.25) is 0 Å². The van der Waals surface area contributed by atoms with Crippen LogP contribution in [0.25, 0.3) is 23.7 Å². The molecule has 3 heterocycles. The van der Waals surface area contributed by atoms with E-state index in [2.05, 4.69) is 15.2 Å². The lowest BCUT2D eigenvalue weighted by Crippen LogP contribution is -2.07. The summed E-state index contributed by atoms with van der Waals surface area (Å²) in [5, 5.41) is 8.43. The Labute approximate surface area is 170 Å². The van der Waals surface area contributed by atoms with Crippen LogP contribution in [0.1, 0.15) is 28.3 Å². The largest absolute Gasteiger partial charge is 0.467 e. The smallest absolute Gasteiger partial charge is 0.416 e. The number of aryl methyl sites for hydroxylation is 1. The second-order valence-electron chi connectivity index (χ2n) is 6.67. The Morgan fingerprint density at radius 2 is 1.90 bits per heavy atom. The van der Waals surface area contributed by atoms with Crippen LogP contribution in [-0.2, 0) is 12.7 Å². The summed E-state index contributed by atoms with van der Waals surface area (Å²) in [5.74, 6) is 1.70. The summed E-state index contributed by atoms with van der Waals surface area (Å²) in [6, 6.07) is 13.3. The summed E-state index contributed by atoms with van der Waals surface area (Å²) >= 11 is 0. The Morgan fingerprint density at radius 1 is 1.03 bits per heavy atom. The quantitative estimate of drug-likeness (QED) is 0.437. The van der Waals surface area contributed by atoms with Crippen LogP contribution in [0.3, 0.4) is 0 Å². The summed E-state index contributed by atoms with van der Waals surface area (Å²) in [6.45, 7) is 1.79. The minimum absolute atomic E-state index is 0.179. The standard InChI is InChI=1S/C22H17F3N4O/c1-15-7-8-16(13-18(15)22(23,24)25)9-10-20-27-28-21(19-6-2-3-11-26-19)29(20)14-17-5-4-12-30-17/h2-13H,14H2,1H3/b10-9+. The molecule has 0 bridgehead atoms. The molecular formula is C22H17F3N4O.